The highest BCUT2D eigenvalue weighted by Crippen LogP contribution is 2.48. The van der Waals surface area contributed by atoms with Crippen molar-refractivity contribution >= 4 is 11.9 Å². The van der Waals surface area contributed by atoms with Crippen molar-refractivity contribution in [3.05, 3.63) is 47.9 Å². The van der Waals surface area contributed by atoms with Gasteiger partial charge in [0.2, 0.25) is 5.91 Å². The van der Waals surface area contributed by atoms with Gasteiger partial charge in [0.15, 0.2) is 0 Å². The van der Waals surface area contributed by atoms with E-state index >= 15 is 0 Å². The first-order valence-electron chi connectivity index (χ1n) is 11.7. The summed E-state index contributed by atoms with van der Waals surface area (Å²) in [6.07, 6.45) is 10.4. The van der Waals surface area contributed by atoms with Crippen molar-refractivity contribution in [1.82, 2.24) is 19.8 Å². The van der Waals surface area contributed by atoms with Gasteiger partial charge in [-0.2, -0.15) is 0 Å². The number of ether oxygens (including phenoxy) is 1. The average molecular weight is 435 g/mol. The van der Waals surface area contributed by atoms with E-state index in [1.165, 1.54) is 12.8 Å². The maximum atomic E-state index is 13.0. The Morgan fingerprint density at radius 3 is 2.72 bits per heavy atom. The zero-order valence-electron chi connectivity index (χ0n) is 18.6. The number of carbonyl (C=O) groups is 2. The molecule has 0 N–H and O–H groups in total. The number of aromatic nitrogens is 2. The molecule has 1 saturated heterocycles. The summed E-state index contributed by atoms with van der Waals surface area (Å²) in [6.45, 7) is 4.04. The molecule has 0 radical (unpaired) electrons. The lowest BCUT2D eigenvalue weighted by molar-refractivity contribution is -0.137. The van der Waals surface area contributed by atoms with E-state index in [0.717, 1.165) is 55.8 Å². The number of hydrogen-bond donors (Lipinski definition) is 0. The zero-order chi connectivity index (χ0) is 22.1. The van der Waals surface area contributed by atoms with Crippen molar-refractivity contribution in [1.29, 1.82) is 0 Å². The van der Waals surface area contributed by atoms with E-state index in [9.17, 15) is 9.59 Å². The second kappa shape index (κ2) is 8.62. The normalized spacial score (nSPS) is 25.0. The van der Waals surface area contributed by atoms with Gasteiger partial charge in [0.1, 0.15) is 5.60 Å². The fourth-order valence-corrected chi connectivity index (χ4v) is 5.43. The Hall–Kier alpha value is -2.80. The van der Waals surface area contributed by atoms with Gasteiger partial charge >= 0.3 is 5.97 Å². The lowest BCUT2D eigenvalue weighted by Crippen LogP contribution is -2.41. The molecule has 2 aromatic rings. The molecule has 0 unspecified atom stereocenters. The number of fused-ring (bicyclic) bond motifs is 2. The molecule has 1 aliphatic carbocycles. The first-order valence-corrected chi connectivity index (χ1v) is 11.7. The van der Waals surface area contributed by atoms with Crippen LogP contribution < -0.4 is 0 Å². The van der Waals surface area contributed by atoms with Crippen LogP contribution in [0.3, 0.4) is 0 Å². The molecule has 3 aliphatic rings. The van der Waals surface area contributed by atoms with Gasteiger partial charge in [-0.1, -0.05) is 12.1 Å². The van der Waals surface area contributed by atoms with Crippen LogP contribution >= 0.6 is 0 Å². The molecule has 1 amide bonds. The smallest absolute Gasteiger partial charge is 0.339 e. The third kappa shape index (κ3) is 3.90. The Bertz CT molecular complexity index is 996. The van der Waals surface area contributed by atoms with Crippen molar-refractivity contribution in [2.24, 2.45) is 5.92 Å². The second-order valence-electron chi connectivity index (χ2n) is 9.32. The summed E-state index contributed by atoms with van der Waals surface area (Å²) in [5, 5.41) is 0. The molecule has 0 atom stereocenters. The van der Waals surface area contributed by atoms with Crippen molar-refractivity contribution in [3.63, 3.8) is 0 Å². The van der Waals surface area contributed by atoms with Crippen molar-refractivity contribution < 1.29 is 14.3 Å². The molecule has 2 fully saturated rings. The van der Waals surface area contributed by atoms with E-state index in [-0.39, 0.29) is 17.8 Å². The SMILES string of the molecule is CN(CCN1CCCC1)C(=O)[C@H]1CC[C@@]2(CC1)OC(=O)c1cc(-c3cnccn3)ccc12. The Kier molecular flexibility index (Phi) is 5.67. The molecule has 7 heteroatoms. The number of esters is 1. The van der Waals surface area contributed by atoms with Gasteiger partial charge < -0.3 is 14.5 Å². The summed E-state index contributed by atoms with van der Waals surface area (Å²) in [7, 11) is 1.92. The number of amides is 1. The lowest BCUT2D eigenvalue weighted by Gasteiger charge is -2.37. The molecule has 168 valence electrons. The molecule has 1 spiro atoms. The van der Waals surface area contributed by atoms with Crippen LogP contribution in [0, 0.1) is 5.92 Å². The van der Waals surface area contributed by atoms with Gasteiger partial charge in [-0.05, 0) is 57.7 Å². The Morgan fingerprint density at radius 1 is 1.22 bits per heavy atom. The second-order valence-corrected chi connectivity index (χ2v) is 9.32. The number of hydrogen-bond acceptors (Lipinski definition) is 6. The molecule has 1 aromatic carbocycles. The van der Waals surface area contributed by atoms with Crippen molar-refractivity contribution in [2.75, 3.05) is 33.2 Å². The van der Waals surface area contributed by atoms with E-state index < -0.39 is 5.60 Å². The minimum atomic E-state index is -0.599. The van der Waals surface area contributed by atoms with Gasteiger partial charge in [-0.15, -0.1) is 0 Å². The Balaban J connectivity index is 1.25. The van der Waals surface area contributed by atoms with Crippen LogP contribution in [0.5, 0.6) is 0 Å². The quantitative estimate of drug-likeness (QED) is 0.673. The number of likely N-dealkylation sites (N-methyl/N-ethyl adjacent to an activating group) is 1. The predicted octanol–water partition coefficient (Wildman–Crippen LogP) is 3.25. The number of likely N-dealkylation sites (tertiary alicyclic amines) is 1. The maximum Gasteiger partial charge on any atom is 0.339 e. The van der Waals surface area contributed by atoms with E-state index in [1.807, 2.05) is 30.1 Å². The van der Waals surface area contributed by atoms with Crippen LogP contribution in [0.2, 0.25) is 0 Å². The van der Waals surface area contributed by atoms with Gasteiger partial charge in [-0.25, -0.2) is 4.79 Å². The molecular formula is C25H30N4O3. The first-order chi connectivity index (χ1) is 15.6. The average Bonchev–Trinajstić information content (AvgIpc) is 3.45. The van der Waals surface area contributed by atoms with E-state index in [0.29, 0.717) is 18.4 Å². The maximum absolute atomic E-state index is 13.0. The first kappa shape index (κ1) is 21.1. The monoisotopic (exact) mass is 434 g/mol. The fourth-order valence-electron chi connectivity index (χ4n) is 5.43. The number of carbonyl (C=O) groups excluding carboxylic acids is 2. The van der Waals surface area contributed by atoms with Crippen molar-refractivity contribution in [3.8, 4) is 11.3 Å². The minimum Gasteiger partial charge on any atom is -0.451 e. The van der Waals surface area contributed by atoms with Gasteiger partial charge in [0.05, 0.1) is 17.5 Å². The summed E-state index contributed by atoms with van der Waals surface area (Å²) in [5.41, 5.74) is 2.55. The lowest BCUT2D eigenvalue weighted by atomic mass is 9.74. The third-order valence-electron chi connectivity index (χ3n) is 7.35. The van der Waals surface area contributed by atoms with Gasteiger partial charge in [0.25, 0.3) is 0 Å². The summed E-state index contributed by atoms with van der Waals surface area (Å²) >= 11 is 0. The van der Waals surface area contributed by atoms with Crippen LogP contribution in [0.1, 0.15) is 54.4 Å². The topological polar surface area (TPSA) is 75.6 Å². The molecule has 32 heavy (non-hydrogen) atoms. The van der Waals surface area contributed by atoms with Crippen LogP contribution in [0.25, 0.3) is 11.3 Å². The van der Waals surface area contributed by atoms with Crippen LogP contribution in [0.15, 0.2) is 36.8 Å². The Morgan fingerprint density at radius 2 is 2.00 bits per heavy atom. The molecule has 2 aliphatic heterocycles. The molecule has 0 bridgehead atoms. The highest BCUT2D eigenvalue weighted by Gasteiger charge is 2.48. The summed E-state index contributed by atoms with van der Waals surface area (Å²) in [4.78, 5) is 38.5. The highest BCUT2D eigenvalue weighted by atomic mass is 16.6. The molecular weight excluding hydrogens is 404 g/mol. The van der Waals surface area contributed by atoms with Gasteiger partial charge in [0, 0.05) is 49.6 Å². The number of rotatable bonds is 5. The van der Waals surface area contributed by atoms with Crippen LogP contribution in [-0.4, -0.2) is 64.9 Å². The molecule has 1 saturated carbocycles. The van der Waals surface area contributed by atoms with E-state index in [4.69, 9.17) is 4.74 Å². The largest absolute Gasteiger partial charge is 0.451 e. The molecule has 5 rings (SSSR count). The number of nitrogens with zero attached hydrogens (tertiary/aromatic N) is 4. The molecule has 3 heterocycles. The summed E-state index contributed by atoms with van der Waals surface area (Å²) in [6, 6.07) is 5.84. The third-order valence-corrected chi connectivity index (χ3v) is 7.35. The summed E-state index contributed by atoms with van der Waals surface area (Å²) < 4.78 is 5.95. The zero-order valence-corrected chi connectivity index (χ0v) is 18.6. The van der Waals surface area contributed by atoms with E-state index in [1.54, 1.807) is 18.6 Å². The number of benzene rings is 1. The standard InChI is InChI=1S/C25H30N4O3/c1-28(14-15-29-12-2-3-13-29)23(30)18-6-8-25(9-7-18)21-5-4-19(16-20(21)24(31)32-25)22-17-26-10-11-27-22/h4-5,10-11,16-18H,2-3,6-9,12-15H2,1H3/t18-,25-. The minimum absolute atomic E-state index is 0.00539. The predicted molar refractivity (Wildman–Crippen MR) is 120 cm³/mol. The molecule has 1 aromatic heterocycles. The van der Waals surface area contributed by atoms with Crippen LogP contribution in [0.4, 0.5) is 0 Å². The van der Waals surface area contributed by atoms with Crippen LogP contribution in [-0.2, 0) is 15.1 Å². The van der Waals surface area contributed by atoms with E-state index in [2.05, 4.69) is 14.9 Å². The fraction of sp³-hybridized carbons (Fsp3) is 0.520. The molecule has 7 nitrogen and oxygen atoms in total. The summed E-state index contributed by atoms with van der Waals surface area (Å²) in [5.74, 6) is -0.0503. The highest BCUT2D eigenvalue weighted by molar-refractivity contribution is 5.96. The van der Waals surface area contributed by atoms with Gasteiger partial charge in [-0.3, -0.25) is 14.8 Å². The Labute approximate surface area is 188 Å². The van der Waals surface area contributed by atoms with Crippen molar-refractivity contribution in [2.45, 2.75) is 44.1 Å².